The number of aliphatic hydroxyl groups excluding tert-OH is 1. The zero-order valence-electron chi connectivity index (χ0n) is 24.9. The van der Waals surface area contributed by atoms with Crippen LogP contribution in [0.5, 0.6) is 0 Å². The van der Waals surface area contributed by atoms with E-state index < -0.39 is 51.3 Å². The first kappa shape index (κ1) is 27.8. The smallest absolute Gasteiger partial charge is 0.251 e. The van der Waals surface area contributed by atoms with Gasteiger partial charge in [-0.15, -0.1) is 0 Å². The molecule has 2 spiro atoms. The van der Waals surface area contributed by atoms with Crippen molar-refractivity contribution in [3.8, 4) is 0 Å². The van der Waals surface area contributed by atoms with Gasteiger partial charge in [-0.3, -0.25) is 19.2 Å². The van der Waals surface area contributed by atoms with E-state index >= 15 is 0 Å². The number of ether oxygens (including phenoxy) is 1. The third kappa shape index (κ3) is 2.86. The van der Waals surface area contributed by atoms with Crippen molar-refractivity contribution in [2.75, 3.05) is 6.61 Å². The Morgan fingerprint density at radius 1 is 1.00 bits per heavy atom. The quantitative estimate of drug-likeness (QED) is 0.364. The minimum atomic E-state index is -2.14. The van der Waals surface area contributed by atoms with Crippen molar-refractivity contribution in [1.82, 2.24) is 5.32 Å². The summed E-state index contributed by atoms with van der Waals surface area (Å²) in [5, 5.41) is 27.3. The molecule has 2 aliphatic heterocycles. The minimum absolute atomic E-state index is 0.00514. The molecule has 8 nitrogen and oxygen atoms in total. The van der Waals surface area contributed by atoms with Crippen LogP contribution in [-0.4, -0.2) is 58.0 Å². The van der Waals surface area contributed by atoms with Crippen LogP contribution in [0.1, 0.15) is 75.6 Å². The number of allylic oxidation sites excluding steroid dienone is 1. The molecule has 8 aliphatic rings. The number of amides is 1. The van der Waals surface area contributed by atoms with Crippen molar-refractivity contribution in [2.45, 2.75) is 83.1 Å². The minimum Gasteiger partial charge on any atom is -0.387 e. The SMILES string of the molecule is C=C1[C@@H]2CC[C@H]3[C@@]45COC(O)([C@@H](O)[C@@H]4C(C)(C)CCC5=O)[C@]34C(=O)C1(C(=O)C1CCC(NC(=O)c3ccccc3)CC1)[C@H]24. The monoisotopic (exact) mass is 587 g/mol. The zero-order chi connectivity index (χ0) is 30.3. The van der Waals surface area contributed by atoms with E-state index in [1.165, 1.54) is 0 Å². The summed E-state index contributed by atoms with van der Waals surface area (Å²) >= 11 is 0. The molecule has 9 atom stereocenters. The summed E-state index contributed by atoms with van der Waals surface area (Å²) in [5.41, 5.74) is -3.09. The van der Waals surface area contributed by atoms with Gasteiger partial charge in [0.05, 0.1) is 17.4 Å². The standard InChI is InChI=1S/C35H41NO7/c1-18-22-13-14-23-32-17-43-35(42,28(39)26(32)31(2,3)16-15-24(32)37)34(23)25(22)33(18,30(34)41)27(38)19-9-11-21(12-10-19)36-29(40)20-7-5-4-6-8-20/h4-8,19,21-23,25-26,28,39,42H,1,9-17H2,2-3H3,(H,36,40)/t19?,21?,22-,23-,25-,26+,28-,32+,33?,34+,35?/m0/s1. The van der Waals surface area contributed by atoms with Gasteiger partial charge in [0.15, 0.2) is 11.6 Å². The Balaban J connectivity index is 1.09. The van der Waals surface area contributed by atoms with E-state index in [-0.39, 0.29) is 47.7 Å². The molecule has 43 heavy (non-hydrogen) atoms. The summed E-state index contributed by atoms with van der Waals surface area (Å²) in [6.07, 6.45) is 3.22. The summed E-state index contributed by atoms with van der Waals surface area (Å²) in [6.45, 7) is 8.38. The van der Waals surface area contributed by atoms with Crippen molar-refractivity contribution < 1.29 is 34.1 Å². The van der Waals surface area contributed by atoms with E-state index in [4.69, 9.17) is 4.74 Å². The molecule has 1 aromatic carbocycles. The lowest BCUT2D eigenvalue weighted by molar-refractivity contribution is -0.460. The van der Waals surface area contributed by atoms with Crippen LogP contribution in [0, 0.1) is 51.2 Å². The molecule has 8 fully saturated rings. The van der Waals surface area contributed by atoms with Gasteiger partial charge in [0.25, 0.3) is 5.91 Å². The van der Waals surface area contributed by atoms with E-state index in [1.54, 1.807) is 12.1 Å². The maximum atomic E-state index is 14.9. The number of hydrogen-bond donors (Lipinski definition) is 3. The highest BCUT2D eigenvalue weighted by Crippen LogP contribution is 2.87. The predicted molar refractivity (Wildman–Crippen MR) is 154 cm³/mol. The molecule has 1 amide bonds. The number of hydrogen-bond acceptors (Lipinski definition) is 7. The normalized spacial score (nSPS) is 48.7. The second-order valence-electron chi connectivity index (χ2n) is 15.4. The fraction of sp³-hybridized carbons (Fsp3) is 0.657. The number of fused-ring (bicyclic) bond motifs is 1. The highest BCUT2D eigenvalue weighted by Gasteiger charge is 2.96. The molecule has 2 bridgehead atoms. The summed E-state index contributed by atoms with van der Waals surface area (Å²) in [5.74, 6) is -4.74. The third-order valence-electron chi connectivity index (χ3n) is 13.6. The fourth-order valence-electron chi connectivity index (χ4n) is 11.9. The number of carbonyl (C=O) groups is 4. The summed E-state index contributed by atoms with van der Waals surface area (Å²) in [7, 11) is 0. The first-order valence-corrected chi connectivity index (χ1v) is 16.1. The largest absolute Gasteiger partial charge is 0.387 e. The lowest BCUT2D eigenvalue weighted by Gasteiger charge is -2.84. The Kier molecular flexibility index (Phi) is 5.52. The lowest BCUT2D eigenvalue weighted by atomic mass is 9.18. The molecule has 6 saturated carbocycles. The first-order valence-electron chi connectivity index (χ1n) is 16.1. The van der Waals surface area contributed by atoms with Gasteiger partial charge in [0.1, 0.15) is 17.3 Å². The first-order chi connectivity index (χ1) is 20.4. The average molecular weight is 588 g/mol. The number of carbonyl (C=O) groups excluding carboxylic acids is 4. The van der Waals surface area contributed by atoms with Gasteiger partial charge in [-0.2, -0.15) is 0 Å². The molecule has 0 aromatic heterocycles. The van der Waals surface area contributed by atoms with Crippen molar-refractivity contribution in [1.29, 1.82) is 0 Å². The van der Waals surface area contributed by atoms with Crippen LogP contribution in [0.3, 0.4) is 0 Å². The molecular formula is C35H41NO7. The van der Waals surface area contributed by atoms with Gasteiger partial charge in [0.2, 0.25) is 5.79 Å². The molecule has 0 radical (unpaired) electrons. The molecular weight excluding hydrogens is 546 g/mol. The molecule has 2 heterocycles. The number of Topliss-reactive ketones (excluding diaryl/α,β-unsaturated/α-hetero) is 3. The molecule has 2 unspecified atom stereocenters. The number of nitrogens with one attached hydrogen (secondary N) is 1. The highest BCUT2D eigenvalue weighted by molar-refractivity contribution is 6.21. The van der Waals surface area contributed by atoms with Crippen molar-refractivity contribution >= 4 is 23.3 Å². The van der Waals surface area contributed by atoms with Gasteiger partial charge in [-0.05, 0) is 74.3 Å². The van der Waals surface area contributed by atoms with Crippen LogP contribution in [0.25, 0.3) is 0 Å². The van der Waals surface area contributed by atoms with Gasteiger partial charge < -0.3 is 20.3 Å². The maximum Gasteiger partial charge on any atom is 0.251 e. The Bertz CT molecular complexity index is 1480. The van der Waals surface area contributed by atoms with Crippen molar-refractivity contribution in [2.24, 2.45) is 51.2 Å². The van der Waals surface area contributed by atoms with Crippen molar-refractivity contribution in [3.63, 3.8) is 0 Å². The van der Waals surface area contributed by atoms with Crippen LogP contribution in [0.2, 0.25) is 0 Å². The Hall–Kier alpha value is -2.68. The highest BCUT2D eigenvalue weighted by atomic mass is 16.6. The topological polar surface area (TPSA) is 130 Å². The molecule has 8 heteroatoms. The summed E-state index contributed by atoms with van der Waals surface area (Å²) in [4.78, 5) is 55.9. The van der Waals surface area contributed by atoms with Crippen LogP contribution >= 0.6 is 0 Å². The molecule has 9 rings (SSSR count). The van der Waals surface area contributed by atoms with E-state index in [2.05, 4.69) is 11.9 Å². The number of aliphatic hydroxyl groups is 2. The zero-order valence-corrected chi connectivity index (χ0v) is 24.9. The van der Waals surface area contributed by atoms with Crippen molar-refractivity contribution in [3.05, 3.63) is 48.0 Å². The predicted octanol–water partition coefficient (Wildman–Crippen LogP) is 3.40. The van der Waals surface area contributed by atoms with Gasteiger partial charge in [0, 0.05) is 35.8 Å². The van der Waals surface area contributed by atoms with Crippen LogP contribution in [-0.2, 0) is 19.1 Å². The lowest BCUT2D eigenvalue weighted by Crippen LogP contribution is -2.95. The van der Waals surface area contributed by atoms with Crippen LogP contribution < -0.4 is 5.32 Å². The molecule has 2 saturated heterocycles. The maximum absolute atomic E-state index is 14.9. The number of benzene rings is 1. The van der Waals surface area contributed by atoms with Gasteiger partial charge in [-0.1, -0.05) is 44.2 Å². The summed E-state index contributed by atoms with van der Waals surface area (Å²) < 4.78 is 6.11. The summed E-state index contributed by atoms with van der Waals surface area (Å²) in [6, 6.07) is 9.00. The van der Waals surface area contributed by atoms with Gasteiger partial charge in [-0.25, -0.2) is 0 Å². The Morgan fingerprint density at radius 2 is 1.70 bits per heavy atom. The second-order valence-corrected chi connectivity index (χ2v) is 15.4. The molecule has 6 aliphatic carbocycles. The number of rotatable bonds is 4. The second kappa shape index (κ2) is 8.52. The molecule has 1 aromatic rings. The Labute approximate surface area is 251 Å². The van der Waals surface area contributed by atoms with Gasteiger partial charge >= 0.3 is 0 Å². The van der Waals surface area contributed by atoms with E-state index in [0.29, 0.717) is 62.5 Å². The Morgan fingerprint density at radius 3 is 2.40 bits per heavy atom. The molecule has 228 valence electrons. The third-order valence-corrected chi connectivity index (χ3v) is 13.6. The fourth-order valence-corrected chi connectivity index (χ4v) is 11.9. The van der Waals surface area contributed by atoms with E-state index in [0.717, 1.165) is 0 Å². The van der Waals surface area contributed by atoms with E-state index in [9.17, 15) is 29.4 Å². The van der Waals surface area contributed by atoms with E-state index in [1.807, 2.05) is 32.0 Å². The number of ketones is 3. The van der Waals surface area contributed by atoms with Crippen LogP contribution in [0.4, 0.5) is 0 Å². The van der Waals surface area contributed by atoms with Crippen LogP contribution in [0.15, 0.2) is 42.5 Å². The average Bonchev–Trinajstić information content (AvgIpc) is 2.99. The molecule has 3 N–H and O–H groups in total.